The average molecular weight is 380 g/mol. The number of nitrogens with zero attached hydrogens (tertiary/aromatic N) is 1. The van der Waals surface area contributed by atoms with E-state index in [9.17, 15) is 18.0 Å². The minimum atomic E-state index is -3.38. The molecule has 0 spiro atoms. The molecule has 2 aliphatic heterocycles. The van der Waals surface area contributed by atoms with Crippen molar-refractivity contribution in [3.8, 4) is 0 Å². The first kappa shape index (κ1) is 18.8. The van der Waals surface area contributed by atoms with E-state index in [1.807, 2.05) is 24.3 Å². The number of imide groups is 1. The molecule has 2 heterocycles. The molecule has 0 saturated carbocycles. The number of piperidine rings is 2. The Balaban J connectivity index is 1.55. The number of hydrogen-bond donors (Lipinski definition) is 1. The van der Waals surface area contributed by atoms with Gasteiger partial charge in [-0.2, -0.15) is 8.42 Å². The maximum Gasteiger partial charge on any atom is 0.264 e. The van der Waals surface area contributed by atoms with Gasteiger partial charge in [0.1, 0.15) is 0 Å². The molecule has 1 aromatic carbocycles. The molecule has 1 N–H and O–H groups in total. The first-order valence-corrected chi connectivity index (χ1v) is 10.7. The second kappa shape index (κ2) is 7.75. The standard InChI is InChI=1S/C18H24N2O5S/c1-26(23,24)25-12-13-8-10-20(11-9-13)15-4-2-14(3-5-15)16-6-7-17(21)19-18(16)22/h2-5,13,16H,6-12H2,1H3,(H,19,21,22). The second-order valence-electron chi connectivity index (χ2n) is 7.01. The molecule has 2 amide bonds. The number of benzene rings is 1. The molecule has 142 valence electrons. The summed E-state index contributed by atoms with van der Waals surface area (Å²) in [6.45, 7) is 1.94. The third-order valence-electron chi connectivity index (χ3n) is 5.03. The van der Waals surface area contributed by atoms with Crippen LogP contribution in [-0.2, 0) is 23.9 Å². The number of carbonyl (C=O) groups excluding carboxylic acids is 2. The fourth-order valence-corrected chi connectivity index (χ4v) is 3.95. The molecule has 0 aromatic heterocycles. The van der Waals surface area contributed by atoms with Crippen LogP contribution >= 0.6 is 0 Å². The largest absolute Gasteiger partial charge is 0.372 e. The monoisotopic (exact) mass is 380 g/mol. The van der Waals surface area contributed by atoms with Crippen molar-refractivity contribution >= 4 is 27.6 Å². The highest BCUT2D eigenvalue weighted by atomic mass is 32.2. The molecule has 2 fully saturated rings. The molecule has 3 rings (SSSR count). The van der Waals surface area contributed by atoms with Crippen LogP contribution in [0.1, 0.15) is 37.2 Å². The maximum absolute atomic E-state index is 12.0. The van der Waals surface area contributed by atoms with Gasteiger partial charge in [-0.25, -0.2) is 0 Å². The van der Waals surface area contributed by atoms with Crippen molar-refractivity contribution in [1.29, 1.82) is 0 Å². The van der Waals surface area contributed by atoms with Crippen molar-refractivity contribution in [2.45, 2.75) is 31.6 Å². The number of rotatable bonds is 5. The number of nitrogens with one attached hydrogen (secondary N) is 1. The van der Waals surface area contributed by atoms with E-state index in [1.165, 1.54) is 0 Å². The van der Waals surface area contributed by atoms with Crippen LogP contribution in [0.2, 0.25) is 0 Å². The summed E-state index contributed by atoms with van der Waals surface area (Å²) in [7, 11) is -3.38. The normalized spacial score (nSPS) is 22.3. The van der Waals surface area contributed by atoms with Crippen molar-refractivity contribution in [3.63, 3.8) is 0 Å². The molecule has 1 aromatic rings. The summed E-state index contributed by atoms with van der Waals surface area (Å²) in [5.41, 5.74) is 2.01. The van der Waals surface area contributed by atoms with E-state index in [2.05, 4.69) is 10.2 Å². The molecule has 1 atom stereocenters. The maximum atomic E-state index is 12.0. The van der Waals surface area contributed by atoms with E-state index in [-0.39, 0.29) is 30.3 Å². The van der Waals surface area contributed by atoms with Gasteiger partial charge in [0.05, 0.1) is 18.8 Å². The Labute approximate surface area is 153 Å². The fraction of sp³-hybridized carbons (Fsp3) is 0.556. The van der Waals surface area contributed by atoms with Crippen LogP contribution in [0.25, 0.3) is 0 Å². The van der Waals surface area contributed by atoms with Gasteiger partial charge in [0.15, 0.2) is 0 Å². The van der Waals surface area contributed by atoms with Crippen LogP contribution < -0.4 is 10.2 Å². The zero-order valence-corrected chi connectivity index (χ0v) is 15.6. The molecule has 0 aliphatic carbocycles. The van der Waals surface area contributed by atoms with E-state index in [1.54, 1.807) is 0 Å². The highest BCUT2D eigenvalue weighted by Crippen LogP contribution is 2.28. The minimum Gasteiger partial charge on any atom is -0.372 e. The fourth-order valence-electron chi connectivity index (χ4n) is 3.51. The molecule has 7 nitrogen and oxygen atoms in total. The highest BCUT2D eigenvalue weighted by Gasteiger charge is 2.28. The van der Waals surface area contributed by atoms with E-state index < -0.39 is 10.1 Å². The molecule has 0 radical (unpaired) electrons. The number of hydrogen-bond acceptors (Lipinski definition) is 6. The van der Waals surface area contributed by atoms with Crippen molar-refractivity contribution in [2.24, 2.45) is 5.92 Å². The average Bonchev–Trinajstić information content (AvgIpc) is 2.60. The summed E-state index contributed by atoms with van der Waals surface area (Å²) < 4.78 is 27.1. The van der Waals surface area contributed by atoms with Gasteiger partial charge >= 0.3 is 0 Å². The molecule has 0 bridgehead atoms. The topological polar surface area (TPSA) is 92.8 Å². The Morgan fingerprint density at radius 3 is 2.35 bits per heavy atom. The first-order chi connectivity index (χ1) is 12.3. The quantitative estimate of drug-likeness (QED) is 0.613. The summed E-state index contributed by atoms with van der Waals surface area (Å²) in [6, 6.07) is 7.92. The van der Waals surface area contributed by atoms with Gasteiger partial charge in [-0.15, -0.1) is 0 Å². The van der Waals surface area contributed by atoms with E-state index in [0.717, 1.165) is 43.4 Å². The van der Waals surface area contributed by atoms with Crippen molar-refractivity contribution in [3.05, 3.63) is 29.8 Å². The third-order valence-corrected chi connectivity index (χ3v) is 5.60. The van der Waals surface area contributed by atoms with Gasteiger partial charge in [0.25, 0.3) is 10.1 Å². The Morgan fingerprint density at radius 2 is 1.77 bits per heavy atom. The number of anilines is 1. The van der Waals surface area contributed by atoms with Crippen LogP contribution in [0.5, 0.6) is 0 Å². The summed E-state index contributed by atoms with van der Waals surface area (Å²) in [5, 5.41) is 2.39. The molecule has 26 heavy (non-hydrogen) atoms. The van der Waals surface area contributed by atoms with E-state index in [0.29, 0.717) is 12.8 Å². The van der Waals surface area contributed by atoms with Crippen LogP contribution in [0.3, 0.4) is 0 Å². The molecule has 1 unspecified atom stereocenters. The lowest BCUT2D eigenvalue weighted by Gasteiger charge is -2.33. The molecule has 2 aliphatic rings. The van der Waals surface area contributed by atoms with Crippen LogP contribution in [0, 0.1) is 5.92 Å². The predicted molar refractivity (Wildman–Crippen MR) is 97.3 cm³/mol. The van der Waals surface area contributed by atoms with E-state index >= 15 is 0 Å². The summed E-state index contributed by atoms with van der Waals surface area (Å²) in [4.78, 5) is 25.5. The molecular formula is C18H24N2O5S. The highest BCUT2D eigenvalue weighted by molar-refractivity contribution is 7.85. The van der Waals surface area contributed by atoms with E-state index in [4.69, 9.17) is 4.18 Å². The van der Waals surface area contributed by atoms with Gasteiger partial charge in [0.2, 0.25) is 11.8 Å². The van der Waals surface area contributed by atoms with Crippen LogP contribution in [-0.4, -0.2) is 46.2 Å². The van der Waals surface area contributed by atoms with Gasteiger partial charge in [-0.05, 0) is 42.9 Å². The van der Waals surface area contributed by atoms with Gasteiger partial charge in [0, 0.05) is 25.2 Å². The van der Waals surface area contributed by atoms with Gasteiger partial charge in [-0.1, -0.05) is 12.1 Å². The van der Waals surface area contributed by atoms with Crippen molar-refractivity contribution < 1.29 is 22.2 Å². The smallest absolute Gasteiger partial charge is 0.264 e. The van der Waals surface area contributed by atoms with Crippen LogP contribution in [0.4, 0.5) is 5.69 Å². The lowest BCUT2D eigenvalue weighted by atomic mass is 9.90. The summed E-state index contributed by atoms with van der Waals surface area (Å²) >= 11 is 0. The predicted octanol–water partition coefficient (Wildman–Crippen LogP) is 1.40. The zero-order chi connectivity index (χ0) is 18.7. The second-order valence-corrected chi connectivity index (χ2v) is 8.66. The van der Waals surface area contributed by atoms with Gasteiger partial charge < -0.3 is 4.90 Å². The van der Waals surface area contributed by atoms with Crippen molar-refractivity contribution in [1.82, 2.24) is 5.32 Å². The summed E-state index contributed by atoms with van der Waals surface area (Å²) in [5.74, 6) is -0.435. The number of carbonyl (C=O) groups is 2. The Hall–Kier alpha value is -1.93. The van der Waals surface area contributed by atoms with Gasteiger partial charge in [-0.3, -0.25) is 19.1 Å². The lowest BCUT2D eigenvalue weighted by Crippen LogP contribution is -2.39. The Bertz CT molecular complexity index is 767. The Kier molecular flexibility index (Phi) is 5.62. The SMILES string of the molecule is CS(=O)(=O)OCC1CCN(c2ccc(C3CCC(=O)NC3=O)cc2)CC1. The van der Waals surface area contributed by atoms with Crippen LogP contribution in [0.15, 0.2) is 24.3 Å². The molecule has 8 heteroatoms. The van der Waals surface area contributed by atoms with Crippen molar-refractivity contribution in [2.75, 3.05) is 30.9 Å². The molecular weight excluding hydrogens is 356 g/mol. The minimum absolute atomic E-state index is 0.203. The third kappa shape index (κ3) is 4.82. The zero-order valence-electron chi connectivity index (χ0n) is 14.8. The Morgan fingerprint density at radius 1 is 1.12 bits per heavy atom. The lowest BCUT2D eigenvalue weighted by molar-refractivity contribution is -0.134. The summed E-state index contributed by atoms with van der Waals surface area (Å²) in [6.07, 6.45) is 3.76. The molecule has 2 saturated heterocycles. The first-order valence-electron chi connectivity index (χ1n) is 8.85. The number of amides is 2.